The number of benzene rings is 4. The first-order valence-corrected chi connectivity index (χ1v) is 13.1. The first kappa shape index (κ1) is 24.6. The Kier molecular flexibility index (Phi) is 6.65. The lowest BCUT2D eigenvalue weighted by Crippen LogP contribution is -2.20. The van der Waals surface area contributed by atoms with E-state index in [9.17, 15) is 10.1 Å². The van der Waals surface area contributed by atoms with Crippen LogP contribution in [-0.2, 0) is 6.61 Å². The van der Waals surface area contributed by atoms with Gasteiger partial charge in [-0.05, 0) is 76.7 Å². The molecule has 0 radical (unpaired) electrons. The van der Waals surface area contributed by atoms with Crippen LogP contribution in [0.3, 0.4) is 0 Å². The summed E-state index contributed by atoms with van der Waals surface area (Å²) in [6, 6.07) is 31.8. The molecule has 0 saturated heterocycles. The van der Waals surface area contributed by atoms with Gasteiger partial charge in [0.1, 0.15) is 17.9 Å². The Morgan fingerprint density at radius 2 is 1.79 bits per heavy atom. The van der Waals surface area contributed by atoms with Gasteiger partial charge < -0.3 is 9.15 Å². The van der Waals surface area contributed by atoms with E-state index in [1.165, 1.54) is 4.68 Å². The Hall–Kier alpha value is -4.75. The predicted octanol–water partition coefficient (Wildman–Crippen LogP) is 6.75. The van der Waals surface area contributed by atoms with Crippen LogP contribution in [0.5, 0.6) is 5.75 Å². The van der Waals surface area contributed by atoms with Crippen LogP contribution < -0.4 is 10.3 Å². The lowest BCUT2D eigenvalue weighted by atomic mass is 10.1. The molecule has 8 heteroatoms. The summed E-state index contributed by atoms with van der Waals surface area (Å²) in [7, 11) is 0. The summed E-state index contributed by atoms with van der Waals surface area (Å²) in [5, 5.41) is 15.2. The second-order valence-corrected chi connectivity index (χ2v) is 9.87. The van der Waals surface area contributed by atoms with Gasteiger partial charge in [-0.2, -0.15) is 15.0 Å². The molecule has 0 aliphatic heterocycles. The molecule has 0 aliphatic rings. The van der Waals surface area contributed by atoms with Gasteiger partial charge in [-0.25, -0.2) is 4.98 Å². The van der Waals surface area contributed by atoms with E-state index in [0.29, 0.717) is 39.4 Å². The third-order valence-electron chi connectivity index (χ3n) is 6.20. The van der Waals surface area contributed by atoms with E-state index in [1.807, 2.05) is 72.8 Å². The summed E-state index contributed by atoms with van der Waals surface area (Å²) < 4.78 is 14.1. The maximum Gasteiger partial charge on any atom is 0.282 e. The number of aromatic nitrogens is 2. The zero-order valence-electron chi connectivity index (χ0n) is 20.4. The number of para-hydroxylation sites is 2. The monoisotopic (exact) mass is 622 g/mol. The second-order valence-electron chi connectivity index (χ2n) is 8.71. The van der Waals surface area contributed by atoms with Crippen molar-refractivity contribution in [2.24, 2.45) is 5.10 Å². The van der Waals surface area contributed by atoms with Crippen LogP contribution in [0.4, 0.5) is 0 Å². The Morgan fingerprint density at radius 1 is 1.00 bits per heavy atom. The molecule has 6 aromatic rings. The highest BCUT2D eigenvalue weighted by molar-refractivity contribution is 14.1. The largest absolute Gasteiger partial charge is 0.488 e. The van der Waals surface area contributed by atoms with E-state index in [0.717, 1.165) is 20.1 Å². The van der Waals surface area contributed by atoms with Crippen LogP contribution in [0, 0.1) is 14.9 Å². The minimum absolute atomic E-state index is 0.284. The number of nitrogens with zero attached hydrogens (tertiary/aromatic N) is 4. The number of fused-ring (bicyclic) bond motifs is 2. The summed E-state index contributed by atoms with van der Waals surface area (Å²) in [5.41, 5.74) is 3.16. The van der Waals surface area contributed by atoms with E-state index in [-0.39, 0.29) is 12.2 Å². The minimum Gasteiger partial charge on any atom is -0.488 e. The molecule has 0 fully saturated rings. The number of halogens is 1. The van der Waals surface area contributed by atoms with Crippen molar-refractivity contribution < 1.29 is 9.15 Å². The Morgan fingerprint density at radius 3 is 2.64 bits per heavy atom. The quantitative estimate of drug-likeness (QED) is 0.151. The van der Waals surface area contributed by atoms with Gasteiger partial charge in [-0.3, -0.25) is 4.79 Å². The van der Waals surface area contributed by atoms with Crippen molar-refractivity contribution in [3.05, 3.63) is 128 Å². The third-order valence-corrected chi connectivity index (χ3v) is 7.04. The van der Waals surface area contributed by atoms with Crippen LogP contribution in [0.1, 0.15) is 16.7 Å². The standard InChI is InChI=1S/C31H19IN4O3/c32-25-15-20(13-14-28(25)38-19-23-9-2-1-8-22(23)17-33)18-34-36-30(29-16-21-7-3-6-12-27(21)39-29)35-26-11-5-4-10-24(26)31(36)37/h1-16,18H,19H2. The van der Waals surface area contributed by atoms with Crippen molar-refractivity contribution in [1.29, 1.82) is 5.26 Å². The number of hydrogen-bond acceptors (Lipinski definition) is 6. The molecule has 0 spiro atoms. The van der Waals surface area contributed by atoms with E-state index < -0.39 is 0 Å². The van der Waals surface area contributed by atoms with E-state index in [1.54, 1.807) is 30.5 Å². The van der Waals surface area contributed by atoms with Crippen molar-refractivity contribution >= 4 is 50.7 Å². The van der Waals surface area contributed by atoms with Gasteiger partial charge in [-0.1, -0.05) is 48.5 Å². The molecule has 4 aromatic carbocycles. The SMILES string of the molecule is N#Cc1ccccc1COc1ccc(C=Nn2c(-c3cc4ccccc4o3)nc3ccccc3c2=O)cc1I. The van der Waals surface area contributed by atoms with Crippen molar-refractivity contribution in [1.82, 2.24) is 9.66 Å². The van der Waals surface area contributed by atoms with Crippen LogP contribution in [0.25, 0.3) is 33.5 Å². The molecule has 39 heavy (non-hydrogen) atoms. The maximum absolute atomic E-state index is 13.5. The molecule has 0 N–H and O–H groups in total. The highest BCUT2D eigenvalue weighted by Crippen LogP contribution is 2.27. The van der Waals surface area contributed by atoms with Gasteiger partial charge in [0.25, 0.3) is 5.56 Å². The van der Waals surface area contributed by atoms with Crippen LogP contribution in [0.15, 0.2) is 111 Å². The Bertz CT molecular complexity index is 1950. The Labute approximate surface area is 236 Å². The molecule has 0 bridgehead atoms. The molecule has 2 heterocycles. The number of nitriles is 1. The van der Waals surface area contributed by atoms with E-state index >= 15 is 0 Å². The van der Waals surface area contributed by atoms with Gasteiger partial charge in [0.2, 0.25) is 5.82 Å². The molecule has 0 aliphatic carbocycles. The third kappa shape index (κ3) is 4.92. The van der Waals surface area contributed by atoms with Crippen molar-refractivity contribution in [3.8, 4) is 23.4 Å². The second kappa shape index (κ2) is 10.6. The van der Waals surface area contributed by atoms with Gasteiger partial charge in [0.05, 0.1) is 32.3 Å². The van der Waals surface area contributed by atoms with Gasteiger partial charge >= 0.3 is 0 Å². The Balaban J connectivity index is 1.34. The molecule has 2 aromatic heterocycles. The zero-order chi connectivity index (χ0) is 26.8. The van der Waals surface area contributed by atoms with Gasteiger partial charge in [-0.15, -0.1) is 0 Å². The summed E-state index contributed by atoms with van der Waals surface area (Å²) in [6.07, 6.45) is 1.61. The lowest BCUT2D eigenvalue weighted by Gasteiger charge is -2.10. The number of hydrogen-bond donors (Lipinski definition) is 0. The predicted molar refractivity (Wildman–Crippen MR) is 159 cm³/mol. The zero-order valence-corrected chi connectivity index (χ0v) is 22.6. The molecule has 7 nitrogen and oxygen atoms in total. The minimum atomic E-state index is -0.293. The lowest BCUT2D eigenvalue weighted by molar-refractivity contribution is 0.303. The number of rotatable bonds is 6. The first-order chi connectivity index (χ1) is 19.1. The fraction of sp³-hybridized carbons (Fsp3) is 0.0323. The summed E-state index contributed by atoms with van der Waals surface area (Å²) in [6.45, 7) is 0.284. The highest BCUT2D eigenvalue weighted by Gasteiger charge is 2.16. The molecular formula is C31H19IN4O3. The van der Waals surface area contributed by atoms with E-state index in [4.69, 9.17) is 14.1 Å². The molecule has 188 valence electrons. The average molecular weight is 622 g/mol. The van der Waals surface area contributed by atoms with Gasteiger partial charge in [0, 0.05) is 10.9 Å². The van der Waals surface area contributed by atoms with Gasteiger partial charge in [0.15, 0.2) is 5.76 Å². The average Bonchev–Trinajstić information content (AvgIpc) is 3.40. The molecular weight excluding hydrogens is 603 g/mol. The summed E-state index contributed by atoms with van der Waals surface area (Å²) >= 11 is 2.20. The molecule has 6 rings (SSSR count). The van der Waals surface area contributed by atoms with Crippen LogP contribution in [-0.4, -0.2) is 15.9 Å². The summed E-state index contributed by atoms with van der Waals surface area (Å²) in [5.74, 6) is 1.46. The van der Waals surface area contributed by atoms with Crippen LogP contribution in [0.2, 0.25) is 0 Å². The fourth-order valence-corrected chi connectivity index (χ4v) is 4.93. The van der Waals surface area contributed by atoms with E-state index in [2.05, 4.69) is 33.8 Å². The molecule has 0 saturated carbocycles. The first-order valence-electron chi connectivity index (χ1n) is 12.1. The summed E-state index contributed by atoms with van der Waals surface area (Å²) in [4.78, 5) is 18.2. The number of ether oxygens (including phenoxy) is 1. The maximum atomic E-state index is 13.5. The molecule has 0 amide bonds. The van der Waals surface area contributed by atoms with Crippen molar-refractivity contribution in [2.45, 2.75) is 6.61 Å². The number of furan rings is 1. The highest BCUT2D eigenvalue weighted by atomic mass is 127. The molecule has 0 unspecified atom stereocenters. The van der Waals surface area contributed by atoms with Crippen molar-refractivity contribution in [2.75, 3.05) is 0 Å². The van der Waals surface area contributed by atoms with Crippen molar-refractivity contribution in [3.63, 3.8) is 0 Å². The normalized spacial score (nSPS) is 11.3. The van der Waals surface area contributed by atoms with Crippen LogP contribution >= 0.6 is 22.6 Å². The topological polar surface area (TPSA) is 93.4 Å². The fourth-order valence-electron chi connectivity index (χ4n) is 4.23. The molecule has 0 atom stereocenters. The smallest absolute Gasteiger partial charge is 0.282 e.